The molecule has 1 aromatic rings. The third-order valence-electron chi connectivity index (χ3n) is 2.98. The van der Waals surface area contributed by atoms with E-state index in [-0.39, 0.29) is 4.90 Å². The Morgan fingerprint density at radius 2 is 1.72 bits per heavy atom. The van der Waals surface area contributed by atoms with Crippen molar-refractivity contribution in [2.75, 3.05) is 20.2 Å². The van der Waals surface area contributed by atoms with Gasteiger partial charge in [-0.2, -0.15) is 0 Å². The molecule has 6 heteroatoms. The molecule has 5 nitrogen and oxygen atoms in total. The van der Waals surface area contributed by atoms with E-state index >= 15 is 0 Å². The average Bonchev–Trinajstić information content (AvgIpc) is 2.39. The van der Waals surface area contributed by atoms with Crippen molar-refractivity contribution < 1.29 is 13.2 Å². The second-order valence-corrected chi connectivity index (χ2v) is 5.98. The third kappa shape index (κ3) is 3.22. The van der Waals surface area contributed by atoms with Gasteiger partial charge in [-0.05, 0) is 37.1 Å². The van der Waals surface area contributed by atoms with E-state index < -0.39 is 10.0 Å². The predicted octanol–water partition coefficient (Wildman–Crippen LogP) is 1.37. The Kier molecular flexibility index (Phi) is 4.21. The van der Waals surface area contributed by atoms with Gasteiger partial charge in [0, 0.05) is 13.1 Å². The number of rotatable bonds is 4. The minimum atomic E-state index is -3.46. The smallest absolute Gasteiger partial charge is 0.253 e. The van der Waals surface area contributed by atoms with Crippen molar-refractivity contribution in [3.8, 4) is 5.75 Å². The Balaban J connectivity index is 2.08. The van der Waals surface area contributed by atoms with Crippen LogP contribution in [-0.4, -0.2) is 33.6 Å². The third-order valence-corrected chi connectivity index (χ3v) is 4.37. The van der Waals surface area contributed by atoms with Crippen molar-refractivity contribution in [2.45, 2.75) is 24.2 Å². The summed E-state index contributed by atoms with van der Waals surface area (Å²) in [6.07, 6.45) is 3.23. The second kappa shape index (κ2) is 5.69. The number of sulfonamides is 1. The molecule has 18 heavy (non-hydrogen) atoms. The summed E-state index contributed by atoms with van der Waals surface area (Å²) in [5.41, 5.74) is 0. The van der Waals surface area contributed by atoms with Crippen molar-refractivity contribution in [3.63, 3.8) is 0 Å². The molecule has 0 amide bonds. The van der Waals surface area contributed by atoms with Gasteiger partial charge in [0.1, 0.15) is 5.75 Å². The van der Waals surface area contributed by atoms with E-state index in [2.05, 4.69) is 4.83 Å². The van der Waals surface area contributed by atoms with Gasteiger partial charge in [-0.3, -0.25) is 0 Å². The van der Waals surface area contributed by atoms with E-state index in [1.807, 2.05) is 0 Å². The summed E-state index contributed by atoms with van der Waals surface area (Å²) >= 11 is 0. The highest BCUT2D eigenvalue weighted by molar-refractivity contribution is 7.89. The number of benzene rings is 1. The molecule has 0 aromatic heterocycles. The zero-order valence-corrected chi connectivity index (χ0v) is 11.2. The summed E-state index contributed by atoms with van der Waals surface area (Å²) in [7, 11) is -1.91. The lowest BCUT2D eigenvalue weighted by Crippen LogP contribution is -2.44. The van der Waals surface area contributed by atoms with Crippen LogP contribution < -0.4 is 9.57 Å². The summed E-state index contributed by atoms with van der Waals surface area (Å²) in [6.45, 7) is 1.55. The van der Waals surface area contributed by atoms with E-state index in [4.69, 9.17) is 4.74 Å². The number of hydrogen-bond acceptors (Lipinski definition) is 4. The van der Waals surface area contributed by atoms with Crippen LogP contribution in [-0.2, 0) is 10.0 Å². The molecule has 0 unspecified atom stereocenters. The van der Waals surface area contributed by atoms with Gasteiger partial charge in [0.2, 0.25) is 0 Å². The molecule has 0 saturated carbocycles. The van der Waals surface area contributed by atoms with E-state index in [9.17, 15) is 8.42 Å². The Hall–Kier alpha value is -1.11. The van der Waals surface area contributed by atoms with E-state index in [1.54, 1.807) is 36.4 Å². The van der Waals surface area contributed by atoms with Crippen LogP contribution in [0.5, 0.6) is 5.75 Å². The van der Waals surface area contributed by atoms with Crippen LogP contribution in [0.1, 0.15) is 19.3 Å². The summed E-state index contributed by atoms with van der Waals surface area (Å²) in [6, 6.07) is 6.38. The van der Waals surface area contributed by atoms with Gasteiger partial charge < -0.3 is 4.74 Å². The molecular formula is C12H18N2O3S. The van der Waals surface area contributed by atoms with Gasteiger partial charge >= 0.3 is 0 Å². The fraction of sp³-hybridized carbons (Fsp3) is 0.500. The lowest BCUT2D eigenvalue weighted by atomic mass is 10.2. The molecule has 1 heterocycles. The Bertz CT molecular complexity index is 479. The number of hydrazine groups is 1. The maximum atomic E-state index is 12.1. The van der Waals surface area contributed by atoms with Crippen molar-refractivity contribution in [2.24, 2.45) is 0 Å². The van der Waals surface area contributed by atoms with Crippen LogP contribution in [0.3, 0.4) is 0 Å². The lowest BCUT2D eigenvalue weighted by Gasteiger charge is -2.26. The number of nitrogens with one attached hydrogen (secondary N) is 1. The number of nitrogens with zero attached hydrogens (tertiary/aromatic N) is 1. The maximum absolute atomic E-state index is 12.1. The summed E-state index contributed by atoms with van der Waals surface area (Å²) in [5.74, 6) is 0.645. The van der Waals surface area contributed by atoms with E-state index in [0.717, 1.165) is 25.9 Å². The number of methoxy groups -OCH3 is 1. The average molecular weight is 270 g/mol. The monoisotopic (exact) mass is 270 g/mol. The molecular weight excluding hydrogens is 252 g/mol. The molecule has 1 aliphatic heterocycles. The molecule has 1 aromatic carbocycles. The van der Waals surface area contributed by atoms with Gasteiger partial charge in [0.05, 0.1) is 12.0 Å². The lowest BCUT2D eigenvalue weighted by molar-refractivity contribution is 0.200. The van der Waals surface area contributed by atoms with Gasteiger partial charge in [-0.1, -0.05) is 6.42 Å². The molecule has 0 aliphatic carbocycles. The van der Waals surface area contributed by atoms with Crippen molar-refractivity contribution >= 4 is 10.0 Å². The zero-order valence-electron chi connectivity index (χ0n) is 10.4. The van der Waals surface area contributed by atoms with Gasteiger partial charge in [-0.25, -0.2) is 13.4 Å². The first kappa shape index (κ1) is 13.3. The fourth-order valence-corrected chi connectivity index (χ4v) is 3.09. The molecule has 1 fully saturated rings. The summed E-state index contributed by atoms with van der Waals surface area (Å²) < 4.78 is 29.2. The molecule has 2 rings (SSSR count). The predicted molar refractivity (Wildman–Crippen MR) is 68.7 cm³/mol. The maximum Gasteiger partial charge on any atom is 0.253 e. The Morgan fingerprint density at radius 3 is 2.28 bits per heavy atom. The standard InChI is InChI=1S/C12H18N2O3S/c1-17-11-5-7-12(8-6-11)18(15,16)13-14-9-3-2-4-10-14/h5-8,13H,2-4,9-10H2,1H3. The van der Waals surface area contributed by atoms with Crippen molar-refractivity contribution in [3.05, 3.63) is 24.3 Å². The quantitative estimate of drug-likeness (QED) is 0.898. The molecule has 100 valence electrons. The molecule has 1 saturated heterocycles. The molecule has 0 atom stereocenters. The minimum Gasteiger partial charge on any atom is -0.497 e. The van der Waals surface area contributed by atoms with Crippen LogP contribution >= 0.6 is 0 Å². The highest BCUT2D eigenvalue weighted by Gasteiger charge is 2.19. The van der Waals surface area contributed by atoms with Crippen LogP contribution in [0.2, 0.25) is 0 Å². The van der Waals surface area contributed by atoms with Crippen LogP contribution in [0.4, 0.5) is 0 Å². The molecule has 0 bridgehead atoms. The van der Waals surface area contributed by atoms with Crippen LogP contribution in [0.15, 0.2) is 29.2 Å². The normalized spacial score (nSPS) is 17.6. The molecule has 0 spiro atoms. The Labute approximate surface area is 108 Å². The van der Waals surface area contributed by atoms with Crippen molar-refractivity contribution in [1.29, 1.82) is 0 Å². The van der Waals surface area contributed by atoms with Gasteiger partial charge in [0.25, 0.3) is 10.0 Å². The topological polar surface area (TPSA) is 58.6 Å². The fourth-order valence-electron chi connectivity index (χ4n) is 1.96. The highest BCUT2D eigenvalue weighted by Crippen LogP contribution is 2.16. The van der Waals surface area contributed by atoms with Crippen LogP contribution in [0, 0.1) is 0 Å². The van der Waals surface area contributed by atoms with Gasteiger partial charge in [-0.15, -0.1) is 4.83 Å². The SMILES string of the molecule is COc1ccc(S(=O)(=O)NN2CCCCC2)cc1. The zero-order chi connectivity index (χ0) is 13.0. The van der Waals surface area contributed by atoms with E-state index in [0.29, 0.717) is 5.75 Å². The van der Waals surface area contributed by atoms with Gasteiger partial charge in [0.15, 0.2) is 0 Å². The summed E-state index contributed by atoms with van der Waals surface area (Å²) in [4.78, 5) is 2.87. The summed E-state index contributed by atoms with van der Waals surface area (Å²) in [5, 5.41) is 1.77. The number of ether oxygens (including phenoxy) is 1. The highest BCUT2D eigenvalue weighted by atomic mass is 32.2. The number of hydrogen-bond donors (Lipinski definition) is 1. The first-order valence-corrected chi connectivity index (χ1v) is 7.51. The second-order valence-electron chi connectivity index (χ2n) is 4.32. The largest absolute Gasteiger partial charge is 0.497 e. The van der Waals surface area contributed by atoms with E-state index in [1.165, 1.54) is 6.42 Å². The Morgan fingerprint density at radius 1 is 1.11 bits per heavy atom. The first-order valence-electron chi connectivity index (χ1n) is 6.03. The minimum absolute atomic E-state index is 0.258. The molecule has 0 radical (unpaired) electrons. The van der Waals surface area contributed by atoms with Crippen molar-refractivity contribution in [1.82, 2.24) is 9.84 Å². The molecule has 1 N–H and O–H groups in total. The molecule has 1 aliphatic rings. The number of piperidine rings is 1. The first-order chi connectivity index (χ1) is 8.62. The van der Waals surface area contributed by atoms with Crippen LogP contribution in [0.25, 0.3) is 0 Å².